The van der Waals surface area contributed by atoms with E-state index in [9.17, 15) is 37.5 Å². The first-order valence-electron chi connectivity index (χ1n) is 17.6. The molecule has 16 heteroatoms. The van der Waals surface area contributed by atoms with Crippen LogP contribution in [0.5, 0.6) is 0 Å². The van der Waals surface area contributed by atoms with Gasteiger partial charge < -0.3 is 26.0 Å². The van der Waals surface area contributed by atoms with Crippen molar-refractivity contribution in [2.24, 2.45) is 0 Å². The van der Waals surface area contributed by atoms with Crippen LogP contribution in [0.3, 0.4) is 0 Å². The molecule has 0 radical (unpaired) electrons. The average molecular weight is 756 g/mol. The number of carbonyl (C=O) groups excluding carboxylic acids is 5. The van der Waals surface area contributed by atoms with Crippen molar-refractivity contribution >= 4 is 56.4 Å². The molecule has 6 rings (SSSR count). The number of hydrogen-bond donors (Lipinski definition) is 5. The van der Waals surface area contributed by atoms with Gasteiger partial charge in [0.05, 0.1) is 33.4 Å². The fraction of sp³-hybridized carbons (Fsp3) is 0.368. The van der Waals surface area contributed by atoms with E-state index in [0.717, 1.165) is 43.4 Å². The number of rotatable bonds is 12. The zero-order valence-corrected chi connectivity index (χ0v) is 30.7. The van der Waals surface area contributed by atoms with E-state index < -0.39 is 56.8 Å². The van der Waals surface area contributed by atoms with E-state index in [1.807, 2.05) is 12.1 Å². The SMILES string of the molecule is Cc1cc(NC(=O)C(C)(O)CS(=O)(=O)c2ccc(NCCNC3CCN(c4ccc5c(c4)C(=O)N(C4CCC(=O)NC4=O)C5=O)CC3)cc2)ccc1C#N. The Balaban J connectivity index is 0.939. The van der Waals surface area contributed by atoms with Gasteiger partial charge in [-0.2, -0.15) is 5.26 Å². The van der Waals surface area contributed by atoms with Crippen LogP contribution >= 0.6 is 0 Å². The number of aryl methyl sites for hydroxylation is 1. The number of nitrogens with one attached hydrogen (secondary N) is 4. The molecule has 5 N–H and O–H groups in total. The van der Waals surface area contributed by atoms with Crippen LogP contribution in [-0.4, -0.2) is 97.6 Å². The first-order valence-corrected chi connectivity index (χ1v) is 19.3. The summed E-state index contributed by atoms with van der Waals surface area (Å²) >= 11 is 0. The molecule has 0 aromatic heterocycles. The Morgan fingerprint density at radius 3 is 2.30 bits per heavy atom. The minimum atomic E-state index is -4.03. The van der Waals surface area contributed by atoms with Crippen LogP contribution in [0.15, 0.2) is 65.6 Å². The molecule has 54 heavy (non-hydrogen) atoms. The van der Waals surface area contributed by atoms with Gasteiger partial charge in [-0.1, -0.05) is 0 Å². The maximum Gasteiger partial charge on any atom is 0.262 e. The van der Waals surface area contributed by atoms with Crippen LogP contribution in [0.1, 0.15) is 64.4 Å². The molecular formula is C38H41N7O8S. The number of imide groups is 2. The molecule has 2 fully saturated rings. The van der Waals surface area contributed by atoms with Crippen molar-refractivity contribution in [3.63, 3.8) is 0 Å². The van der Waals surface area contributed by atoms with Crippen LogP contribution in [0.25, 0.3) is 0 Å². The van der Waals surface area contributed by atoms with E-state index in [0.29, 0.717) is 35.6 Å². The quantitative estimate of drug-likeness (QED) is 0.133. The number of anilines is 3. The average Bonchev–Trinajstić information content (AvgIpc) is 3.38. The molecule has 5 amide bonds. The summed E-state index contributed by atoms with van der Waals surface area (Å²) in [6, 6.07) is 17.1. The number of hydrogen-bond acceptors (Lipinski definition) is 12. The minimum absolute atomic E-state index is 0.0359. The summed E-state index contributed by atoms with van der Waals surface area (Å²) < 4.78 is 26.2. The van der Waals surface area contributed by atoms with E-state index in [4.69, 9.17) is 5.26 Å². The highest BCUT2D eigenvalue weighted by Gasteiger charge is 2.45. The zero-order valence-electron chi connectivity index (χ0n) is 29.8. The molecule has 282 valence electrons. The summed E-state index contributed by atoms with van der Waals surface area (Å²) in [5.41, 5.74) is 1.20. The molecule has 3 aromatic carbocycles. The molecule has 0 spiro atoms. The number of nitrogens with zero attached hydrogens (tertiary/aromatic N) is 3. The maximum atomic E-state index is 13.2. The third-order valence-electron chi connectivity index (χ3n) is 9.95. The lowest BCUT2D eigenvalue weighted by Crippen LogP contribution is -2.54. The molecule has 0 saturated carbocycles. The van der Waals surface area contributed by atoms with Crippen molar-refractivity contribution in [3.05, 3.63) is 82.9 Å². The molecule has 3 aliphatic rings. The third kappa shape index (κ3) is 8.13. The van der Waals surface area contributed by atoms with Gasteiger partial charge in [-0.15, -0.1) is 0 Å². The normalized spacial score (nSPS) is 18.8. The Hall–Kier alpha value is -5.63. The number of sulfone groups is 1. The standard InChI is InChI=1S/C38H41N7O8S/c1-23-19-27(4-3-24(23)21-39)42-37(50)38(2,51)22-54(52,53)29-8-5-25(6-9-29)40-15-16-41-26-13-17-44(18-14-26)28-7-10-30-31(20-28)36(49)45(35(30)48)32-11-12-33(46)43-34(32)47/h3-10,19-20,26,32,40-41,51H,11-18,22H2,1-2H3,(H,42,50)(H,43,46,47). The highest BCUT2D eigenvalue weighted by Crippen LogP contribution is 2.32. The van der Waals surface area contributed by atoms with Gasteiger partial charge >= 0.3 is 0 Å². The van der Waals surface area contributed by atoms with Crippen molar-refractivity contribution in [3.8, 4) is 6.07 Å². The molecule has 2 unspecified atom stereocenters. The summed E-state index contributed by atoms with van der Waals surface area (Å²) in [6.07, 6.45) is 1.85. The molecule has 3 heterocycles. The van der Waals surface area contributed by atoms with Gasteiger partial charge in [-0.25, -0.2) is 8.42 Å². The Morgan fingerprint density at radius 1 is 0.944 bits per heavy atom. The first-order chi connectivity index (χ1) is 25.7. The summed E-state index contributed by atoms with van der Waals surface area (Å²) in [7, 11) is -4.03. The number of piperidine rings is 2. The maximum absolute atomic E-state index is 13.2. The van der Waals surface area contributed by atoms with Gasteiger partial charge in [-0.05, 0) is 99.3 Å². The van der Waals surface area contributed by atoms with Crippen molar-refractivity contribution in [1.29, 1.82) is 5.26 Å². The monoisotopic (exact) mass is 755 g/mol. The molecule has 3 aliphatic heterocycles. The Labute approximate surface area is 312 Å². The Kier molecular flexibility index (Phi) is 10.9. The van der Waals surface area contributed by atoms with Gasteiger partial charge in [0.25, 0.3) is 17.7 Å². The van der Waals surface area contributed by atoms with Crippen LogP contribution in [0, 0.1) is 18.3 Å². The highest BCUT2D eigenvalue weighted by atomic mass is 32.2. The van der Waals surface area contributed by atoms with E-state index in [1.165, 1.54) is 24.3 Å². The Bertz CT molecular complexity index is 2160. The molecule has 3 aromatic rings. The van der Waals surface area contributed by atoms with Gasteiger partial charge in [0.15, 0.2) is 15.4 Å². The molecular weight excluding hydrogens is 715 g/mol. The first kappa shape index (κ1) is 38.1. The van der Waals surface area contributed by atoms with Crippen molar-refractivity contribution in [2.45, 2.75) is 62.1 Å². The largest absolute Gasteiger partial charge is 0.384 e. The van der Waals surface area contributed by atoms with Crippen LogP contribution in [-0.2, 0) is 24.2 Å². The molecule has 15 nitrogen and oxygen atoms in total. The summed E-state index contributed by atoms with van der Waals surface area (Å²) in [4.78, 5) is 66.0. The summed E-state index contributed by atoms with van der Waals surface area (Å²) in [5, 5.41) is 31.4. The number of aliphatic hydroxyl groups is 1. The predicted octanol–water partition coefficient (Wildman–Crippen LogP) is 2.10. The Morgan fingerprint density at radius 2 is 1.63 bits per heavy atom. The fourth-order valence-electron chi connectivity index (χ4n) is 6.91. The number of carbonyl (C=O) groups is 5. The van der Waals surface area contributed by atoms with Gasteiger partial charge in [-0.3, -0.25) is 34.2 Å². The van der Waals surface area contributed by atoms with Crippen molar-refractivity contribution < 1.29 is 37.5 Å². The lowest BCUT2D eigenvalue weighted by Gasteiger charge is -2.34. The minimum Gasteiger partial charge on any atom is -0.384 e. The van der Waals surface area contributed by atoms with Crippen molar-refractivity contribution in [1.82, 2.24) is 15.5 Å². The fourth-order valence-corrected chi connectivity index (χ4v) is 8.50. The lowest BCUT2D eigenvalue weighted by atomic mass is 10.0. The van der Waals surface area contributed by atoms with E-state index in [-0.39, 0.29) is 34.9 Å². The van der Waals surface area contributed by atoms with Gasteiger partial charge in [0.2, 0.25) is 11.8 Å². The zero-order chi connectivity index (χ0) is 38.8. The summed E-state index contributed by atoms with van der Waals surface area (Å²) in [5.74, 6) is -3.84. The number of nitriles is 1. The number of fused-ring (bicyclic) bond motifs is 1. The van der Waals surface area contributed by atoms with Crippen LogP contribution < -0.4 is 26.2 Å². The van der Waals surface area contributed by atoms with Crippen LogP contribution in [0.2, 0.25) is 0 Å². The van der Waals surface area contributed by atoms with E-state index >= 15 is 0 Å². The molecule has 0 aliphatic carbocycles. The molecule has 2 atom stereocenters. The van der Waals surface area contributed by atoms with Gasteiger partial charge in [0, 0.05) is 55.7 Å². The predicted molar refractivity (Wildman–Crippen MR) is 198 cm³/mol. The number of amides is 5. The van der Waals surface area contributed by atoms with Crippen molar-refractivity contribution in [2.75, 3.05) is 47.5 Å². The van der Waals surface area contributed by atoms with E-state index in [1.54, 1.807) is 37.3 Å². The second-order valence-electron chi connectivity index (χ2n) is 14.0. The van der Waals surface area contributed by atoms with Gasteiger partial charge in [0.1, 0.15) is 6.04 Å². The second kappa shape index (κ2) is 15.4. The highest BCUT2D eigenvalue weighted by molar-refractivity contribution is 7.91. The lowest BCUT2D eigenvalue weighted by molar-refractivity contribution is -0.136. The molecule has 2 saturated heterocycles. The third-order valence-corrected chi connectivity index (χ3v) is 11.9. The second-order valence-corrected chi connectivity index (χ2v) is 16.0. The van der Waals surface area contributed by atoms with Crippen LogP contribution in [0.4, 0.5) is 17.1 Å². The smallest absolute Gasteiger partial charge is 0.262 e. The molecule has 0 bridgehead atoms. The topological polar surface area (TPSA) is 218 Å². The summed E-state index contributed by atoms with van der Waals surface area (Å²) in [6.45, 7) is 5.51. The van der Waals surface area contributed by atoms with E-state index in [2.05, 4.69) is 26.2 Å². The number of benzene rings is 3.